The maximum atomic E-state index is 11.3. The van der Waals surface area contributed by atoms with Crippen molar-refractivity contribution in [3.8, 4) is 0 Å². The minimum Gasteiger partial charge on any atom is -0.314 e. The summed E-state index contributed by atoms with van der Waals surface area (Å²) in [5.41, 5.74) is 0. The Labute approximate surface area is 99.3 Å². The predicted molar refractivity (Wildman–Crippen MR) is 67.4 cm³/mol. The van der Waals surface area contributed by atoms with Crippen molar-refractivity contribution in [2.24, 2.45) is 0 Å². The quantitative estimate of drug-likeness (QED) is 0.769. The van der Waals surface area contributed by atoms with Crippen LogP contribution in [0.1, 0.15) is 27.2 Å². The molecule has 0 aliphatic carbocycles. The van der Waals surface area contributed by atoms with Crippen molar-refractivity contribution < 1.29 is 8.42 Å². The van der Waals surface area contributed by atoms with Crippen LogP contribution >= 0.6 is 0 Å². The van der Waals surface area contributed by atoms with Crippen molar-refractivity contribution in [2.75, 3.05) is 31.1 Å². The Morgan fingerprint density at radius 2 is 1.75 bits per heavy atom. The van der Waals surface area contributed by atoms with Gasteiger partial charge in [-0.05, 0) is 19.9 Å². The minimum atomic E-state index is -2.74. The molecule has 0 aromatic carbocycles. The number of hydrogen-bond acceptors (Lipinski definition) is 4. The number of sulfone groups is 1. The Morgan fingerprint density at radius 3 is 2.25 bits per heavy atom. The highest BCUT2D eigenvalue weighted by molar-refractivity contribution is 7.91. The average molecular weight is 248 g/mol. The van der Waals surface area contributed by atoms with E-state index in [1.165, 1.54) is 0 Å². The molecule has 0 aromatic heterocycles. The molecule has 1 fully saturated rings. The molecule has 16 heavy (non-hydrogen) atoms. The lowest BCUT2D eigenvalue weighted by Gasteiger charge is -2.32. The third-order valence-electron chi connectivity index (χ3n) is 3.12. The van der Waals surface area contributed by atoms with E-state index in [2.05, 4.69) is 31.0 Å². The van der Waals surface area contributed by atoms with Crippen molar-refractivity contribution in [2.45, 2.75) is 39.3 Å². The molecule has 0 bridgehead atoms. The van der Waals surface area contributed by atoms with Gasteiger partial charge in [-0.2, -0.15) is 0 Å². The third-order valence-corrected chi connectivity index (χ3v) is 4.73. The van der Waals surface area contributed by atoms with Crippen LogP contribution in [-0.2, 0) is 9.84 Å². The Morgan fingerprint density at radius 1 is 1.19 bits per heavy atom. The van der Waals surface area contributed by atoms with Gasteiger partial charge < -0.3 is 5.32 Å². The van der Waals surface area contributed by atoms with Crippen molar-refractivity contribution >= 4 is 9.84 Å². The van der Waals surface area contributed by atoms with Gasteiger partial charge in [0.05, 0.1) is 11.5 Å². The van der Waals surface area contributed by atoms with E-state index in [9.17, 15) is 8.42 Å². The van der Waals surface area contributed by atoms with Crippen LogP contribution < -0.4 is 5.32 Å². The van der Waals surface area contributed by atoms with E-state index in [-0.39, 0.29) is 0 Å². The monoisotopic (exact) mass is 248 g/mol. The summed E-state index contributed by atoms with van der Waals surface area (Å²) in [5.74, 6) is 0.657. The van der Waals surface area contributed by atoms with Crippen LogP contribution in [0.25, 0.3) is 0 Å². The van der Waals surface area contributed by atoms with Gasteiger partial charge >= 0.3 is 0 Å². The third kappa shape index (κ3) is 4.80. The molecule has 1 N–H and O–H groups in total. The molecule has 5 heteroatoms. The molecule has 1 aliphatic rings. The van der Waals surface area contributed by atoms with E-state index in [4.69, 9.17) is 0 Å². The van der Waals surface area contributed by atoms with E-state index in [1.54, 1.807) is 0 Å². The van der Waals surface area contributed by atoms with E-state index < -0.39 is 9.84 Å². The number of hydrogen-bond donors (Lipinski definition) is 1. The average Bonchev–Trinajstić information content (AvgIpc) is 2.16. The largest absolute Gasteiger partial charge is 0.314 e. The molecule has 4 nitrogen and oxygen atoms in total. The first-order chi connectivity index (χ1) is 7.41. The molecular formula is C11H24N2O2S. The predicted octanol–water partition coefficient (Wildman–Crippen LogP) is 0.493. The molecule has 96 valence electrons. The summed E-state index contributed by atoms with van der Waals surface area (Å²) >= 11 is 0. The smallest absolute Gasteiger partial charge is 0.152 e. The Kier molecular flexibility index (Phi) is 5.21. The Bertz CT molecular complexity index is 287. The van der Waals surface area contributed by atoms with Crippen LogP contribution in [0.5, 0.6) is 0 Å². The van der Waals surface area contributed by atoms with Gasteiger partial charge in [-0.15, -0.1) is 0 Å². The molecule has 1 atom stereocenters. The van der Waals surface area contributed by atoms with E-state index in [0.29, 0.717) is 36.7 Å². The fourth-order valence-corrected chi connectivity index (χ4v) is 3.16. The van der Waals surface area contributed by atoms with Gasteiger partial charge in [-0.3, -0.25) is 4.90 Å². The van der Waals surface area contributed by atoms with Crippen molar-refractivity contribution in [3.63, 3.8) is 0 Å². The number of rotatable bonds is 5. The summed E-state index contributed by atoms with van der Waals surface area (Å²) in [7, 11) is -2.74. The molecule has 1 saturated heterocycles. The molecular weight excluding hydrogens is 224 g/mol. The Hall–Kier alpha value is -0.130. The maximum Gasteiger partial charge on any atom is 0.152 e. The molecule has 1 rings (SSSR count). The van der Waals surface area contributed by atoms with Gasteiger partial charge in [0, 0.05) is 25.2 Å². The molecule has 0 saturated carbocycles. The highest BCUT2D eigenvalue weighted by Crippen LogP contribution is 2.09. The molecule has 1 unspecified atom stereocenters. The van der Waals surface area contributed by atoms with Gasteiger partial charge in [0.1, 0.15) is 0 Å². The van der Waals surface area contributed by atoms with Crippen molar-refractivity contribution in [1.82, 2.24) is 10.2 Å². The second kappa shape index (κ2) is 5.98. The van der Waals surface area contributed by atoms with E-state index in [0.717, 1.165) is 13.0 Å². The van der Waals surface area contributed by atoms with Gasteiger partial charge in [0.15, 0.2) is 9.84 Å². The molecule has 0 amide bonds. The van der Waals surface area contributed by atoms with Gasteiger partial charge in [0.25, 0.3) is 0 Å². The lowest BCUT2D eigenvalue weighted by Crippen LogP contribution is -2.45. The van der Waals surface area contributed by atoms with E-state index in [1.807, 2.05) is 0 Å². The van der Waals surface area contributed by atoms with Crippen LogP contribution in [0.2, 0.25) is 0 Å². The fourth-order valence-electron chi connectivity index (χ4n) is 1.93. The van der Waals surface area contributed by atoms with Crippen LogP contribution in [-0.4, -0.2) is 56.5 Å². The lowest BCUT2D eigenvalue weighted by atomic mass is 10.2. The fraction of sp³-hybridized carbons (Fsp3) is 1.00. The van der Waals surface area contributed by atoms with Gasteiger partial charge in [-0.1, -0.05) is 13.8 Å². The minimum absolute atomic E-state index is 0.328. The van der Waals surface area contributed by atoms with Crippen LogP contribution in [0.15, 0.2) is 0 Å². The zero-order valence-corrected chi connectivity index (χ0v) is 11.4. The molecule has 1 heterocycles. The first-order valence-corrected chi connectivity index (χ1v) is 7.91. The second-order valence-electron chi connectivity index (χ2n) is 4.93. The first kappa shape index (κ1) is 13.9. The van der Waals surface area contributed by atoms with Crippen LogP contribution in [0.3, 0.4) is 0 Å². The number of nitrogens with zero attached hydrogens (tertiary/aromatic N) is 1. The highest BCUT2D eigenvalue weighted by atomic mass is 32.2. The summed E-state index contributed by atoms with van der Waals surface area (Å²) in [6.07, 6.45) is 1.08. The van der Waals surface area contributed by atoms with Crippen LogP contribution in [0, 0.1) is 0 Å². The summed E-state index contributed by atoms with van der Waals surface area (Å²) in [6.45, 7) is 8.86. The molecule has 0 radical (unpaired) electrons. The second-order valence-corrected chi connectivity index (χ2v) is 7.24. The van der Waals surface area contributed by atoms with Gasteiger partial charge in [-0.25, -0.2) is 8.42 Å². The van der Waals surface area contributed by atoms with E-state index >= 15 is 0 Å². The summed E-state index contributed by atoms with van der Waals surface area (Å²) < 4.78 is 22.6. The summed E-state index contributed by atoms with van der Waals surface area (Å²) in [6, 6.07) is 0.996. The van der Waals surface area contributed by atoms with Crippen molar-refractivity contribution in [1.29, 1.82) is 0 Å². The zero-order chi connectivity index (χ0) is 12.2. The highest BCUT2D eigenvalue weighted by Gasteiger charge is 2.24. The lowest BCUT2D eigenvalue weighted by molar-refractivity contribution is 0.214. The molecule has 0 aromatic rings. The topological polar surface area (TPSA) is 49.4 Å². The maximum absolute atomic E-state index is 11.3. The molecule has 0 spiro atoms. The SMILES string of the molecule is CC(C)NCCC(C)N1CCS(=O)(=O)CC1. The normalized spacial score (nSPS) is 23.5. The zero-order valence-electron chi connectivity index (χ0n) is 10.6. The van der Waals surface area contributed by atoms with Crippen LogP contribution in [0.4, 0.5) is 0 Å². The summed E-state index contributed by atoms with van der Waals surface area (Å²) in [5, 5.41) is 3.39. The molecule has 1 aliphatic heterocycles. The standard InChI is InChI=1S/C11H24N2O2S/c1-10(2)12-5-4-11(3)13-6-8-16(14,15)9-7-13/h10-12H,4-9H2,1-3H3. The van der Waals surface area contributed by atoms with Gasteiger partial charge in [0.2, 0.25) is 0 Å². The number of nitrogens with one attached hydrogen (secondary N) is 1. The summed E-state index contributed by atoms with van der Waals surface area (Å²) in [4.78, 5) is 2.28. The van der Waals surface area contributed by atoms with Crippen molar-refractivity contribution in [3.05, 3.63) is 0 Å². The Balaban J connectivity index is 2.25. The first-order valence-electron chi connectivity index (χ1n) is 6.08.